The fourth-order valence-corrected chi connectivity index (χ4v) is 3.11. The van der Waals surface area contributed by atoms with Crippen molar-refractivity contribution in [3.05, 3.63) is 44.3 Å². The van der Waals surface area contributed by atoms with Crippen LogP contribution in [0.1, 0.15) is 9.75 Å². The van der Waals surface area contributed by atoms with Crippen LogP contribution < -0.4 is 10.1 Å². The van der Waals surface area contributed by atoms with Crippen molar-refractivity contribution in [2.24, 2.45) is 0 Å². The number of methoxy groups -OCH3 is 1. The van der Waals surface area contributed by atoms with Gasteiger partial charge in [-0.15, -0.1) is 11.3 Å². The molecule has 18 heavy (non-hydrogen) atoms. The predicted molar refractivity (Wildman–Crippen MR) is 77.0 cm³/mol. The van der Waals surface area contributed by atoms with Crippen LogP contribution in [0, 0.1) is 12.7 Å². The zero-order chi connectivity index (χ0) is 13.1. The van der Waals surface area contributed by atoms with Crippen molar-refractivity contribution < 1.29 is 9.13 Å². The van der Waals surface area contributed by atoms with Gasteiger partial charge in [0, 0.05) is 32.5 Å². The predicted octanol–water partition coefficient (Wildman–Crippen LogP) is 4.58. The summed E-state index contributed by atoms with van der Waals surface area (Å²) in [6.07, 6.45) is 0. The molecule has 5 heteroatoms. The summed E-state index contributed by atoms with van der Waals surface area (Å²) in [6, 6.07) is 6.94. The third-order valence-electron chi connectivity index (χ3n) is 2.53. The first kappa shape index (κ1) is 13.4. The second-order valence-electron chi connectivity index (χ2n) is 3.82. The van der Waals surface area contributed by atoms with Crippen LogP contribution in [-0.2, 0) is 6.54 Å². The van der Waals surface area contributed by atoms with Gasteiger partial charge in [-0.05, 0) is 41.1 Å². The molecule has 1 heterocycles. The van der Waals surface area contributed by atoms with Gasteiger partial charge in [-0.1, -0.05) is 0 Å². The van der Waals surface area contributed by atoms with Crippen LogP contribution in [0.5, 0.6) is 5.75 Å². The smallest absolute Gasteiger partial charge is 0.167 e. The average molecular weight is 330 g/mol. The van der Waals surface area contributed by atoms with Crippen LogP contribution >= 0.6 is 27.3 Å². The SMILES string of the molecule is COc1ccc(NCc2cc(Br)c(C)s2)cc1F. The fraction of sp³-hybridized carbons (Fsp3) is 0.231. The molecular formula is C13H13BrFNOS. The summed E-state index contributed by atoms with van der Waals surface area (Å²) < 4.78 is 19.5. The monoisotopic (exact) mass is 329 g/mol. The summed E-state index contributed by atoms with van der Waals surface area (Å²) in [6.45, 7) is 2.74. The van der Waals surface area contributed by atoms with Gasteiger partial charge in [0.25, 0.3) is 0 Å². The Morgan fingerprint density at radius 3 is 2.72 bits per heavy atom. The van der Waals surface area contributed by atoms with E-state index in [0.29, 0.717) is 6.54 Å². The molecule has 1 N–H and O–H groups in total. The number of thiophene rings is 1. The van der Waals surface area contributed by atoms with Gasteiger partial charge in [-0.25, -0.2) is 4.39 Å². The summed E-state index contributed by atoms with van der Waals surface area (Å²) in [5.74, 6) is -0.0960. The highest BCUT2D eigenvalue weighted by Gasteiger charge is 2.05. The standard InChI is InChI=1S/C13H13BrFNOS/c1-8-11(14)6-10(18-8)7-16-9-3-4-13(17-2)12(15)5-9/h3-6,16H,7H2,1-2H3. The number of hydrogen-bond donors (Lipinski definition) is 1. The molecule has 0 fully saturated rings. The lowest BCUT2D eigenvalue weighted by Gasteiger charge is -2.07. The van der Waals surface area contributed by atoms with Gasteiger partial charge >= 0.3 is 0 Å². The zero-order valence-electron chi connectivity index (χ0n) is 10.1. The molecule has 0 spiro atoms. The Balaban J connectivity index is 2.04. The molecule has 1 aromatic heterocycles. The first-order chi connectivity index (χ1) is 8.60. The molecule has 0 aliphatic rings. The van der Waals surface area contributed by atoms with Crippen molar-refractivity contribution in [2.45, 2.75) is 13.5 Å². The minimum absolute atomic E-state index is 0.260. The lowest BCUT2D eigenvalue weighted by Crippen LogP contribution is -1.98. The number of aryl methyl sites for hydroxylation is 1. The maximum absolute atomic E-state index is 13.5. The Bertz CT molecular complexity index is 536. The van der Waals surface area contributed by atoms with E-state index in [1.54, 1.807) is 23.5 Å². The summed E-state index contributed by atoms with van der Waals surface area (Å²) in [5, 5.41) is 3.19. The molecule has 0 amide bonds. The van der Waals surface area contributed by atoms with Crippen molar-refractivity contribution in [1.29, 1.82) is 0 Å². The van der Waals surface area contributed by atoms with Gasteiger partial charge in [0.15, 0.2) is 11.6 Å². The quantitative estimate of drug-likeness (QED) is 0.886. The number of anilines is 1. The van der Waals surface area contributed by atoms with Crippen molar-refractivity contribution >= 4 is 33.0 Å². The largest absolute Gasteiger partial charge is 0.494 e. The molecule has 2 aromatic rings. The maximum Gasteiger partial charge on any atom is 0.167 e. The second kappa shape index (κ2) is 5.71. The van der Waals surface area contributed by atoms with Gasteiger partial charge in [0.1, 0.15) is 0 Å². The molecule has 0 aliphatic heterocycles. The van der Waals surface area contributed by atoms with E-state index in [4.69, 9.17) is 4.74 Å². The van der Waals surface area contributed by atoms with Gasteiger partial charge in [-0.2, -0.15) is 0 Å². The Kier molecular flexibility index (Phi) is 4.24. The van der Waals surface area contributed by atoms with Gasteiger partial charge in [-0.3, -0.25) is 0 Å². The van der Waals surface area contributed by atoms with Crippen LogP contribution in [0.4, 0.5) is 10.1 Å². The fourth-order valence-electron chi connectivity index (χ4n) is 1.57. The minimum atomic E-state index is -0.356. The van der Waals surface area contributed by atoms with E-state index in [1.165, 1.54) is 22.9 Å². The van der Waals surface area contributed by atoms with Crippen molar-refractivity contribution in [3.63, 3.8) is 0 Å². The van der Waals surface area contributed by atoms with E-state index in [-0.39, 0.29) is 11.6 Å². The van der Waals surface area contributed by atoms with Crippen LogP contribution in [0.15, 0.2) is 28.7 Å². The van der Waals surface area contributed by atoms with Gasteiger partial charge in [0.05, 0.1) is 7.11 Å². The van der Waals surface area contributed by atoms with E-state index in [1.807, 2.05) is 0 Å². The van der Waals surface area contributed by atoms with Crippen LogP contribution in [0.2, 0.25) is 0 Å². The lowest BCUT2D eigenvalue weighted by molar-refractivity contribution is 0.386. The van der Waals surface area contributed by atoms with Crippen LogP contribution in [0.3, 0.4) is 0 Å². The summed E-state index contributed by atoms with van der Waals surface area (Å²) >= 11 is 5.20. The van der Waals surface area contributed by atoms with E-state index >= 15 is 0 Å². The van der Waals surface area contributed by atoms with E-state index < -0.39 is 0 Å². The third-order valence-corrected chi connectivity index (χ3v) is 4.66. The molecule has 96 valence electrons. The van der Waals surface area contributed by atoms with Gasteiger partial charge < -0.3 is 10.1 Å². The molecule has 1 aromatic carbocycles. The highest BCUT2D eigenvalue weighted by Crippen LogP contribution is 2.27. The van der Waals surface area contributed by atoms with Crippen molar-refractivity contribution in [1.82, 2.24) is 0 Å². The molecule has 0 saturated heterocycles. The minimum Gasteiger partial charge on any atom is -0.494 e. The average Bonchev–Trinajstić information content (AvgIpc) is 2.66. The number of ether oxygens (including phenoxy) is 1. The highest BCUT2D eigenvalue weighted by atomic mass is 79.9. The summed E-state index contributed by atoms with van der Waals surface area (Å²) in [5.41, 5.74) is 0.746. The molecule has 0 radical (unpaired) electrons. The third kappa shape index (κ3) is 3.03. The summed E-state index contributed by atoms with van der Waals surface area (Å²) in [4.78, 5) is 2.45. The van der Waals surface area contributed by atoms with Crippen molar-refractivity contribution in [3.8, 4) is 5.75 Å². The maximum atomic E-state index is 13.5. The van der Waals surface area contributed by atoms with E-state index in [2.05, 4.69) is 34.2 Å². The molecule has 0 aliphatic carbocycles. The number of benzene rings is 1. The number of halogens is 2. The molecule has 2 rings (SSSR count). The van der Waals surface area contributed by atoms with E-state index in [0.717, 1.165) is 10.2 Å². The molecule has 0 unspecified atom stereocenters. The molecule has 0 bridgehead atoms. The summed E-state index contributed by atoms with van der Waals surface area (Å²) in [7, 11) is 1.46. The normalized spacial score (nSPS) is 10.4. The molecule has 2 nitrogen and oxygen atoms in total. The Labute approximate surface area is 118 Å². The molecule has 0 atom stereocenters. The zero-order valence-corrected chi connectivity index (χ0v) is 12.5. The number of nitrogens with one attached hydrogen (secondary N) is 1. The Hall–Kier alpha value is -1.07. The first-order valence-electron chi connectivity index (χ1n) is 5.42. The molecular weight excluding hydrogens is 317 g/mol. The first-order valence-corrected chi connectivity index (χ1v) is 7.03. The topological polar surface area (TPSA) is 21.3 Å². The van der Waals surface area contributed by atoms with Gasteiger partial charge in [0.2, 0.25) is 0 Å². The lowest BCUT2D eigenvalue weighted by atomic mass is 10.3. The Morgan fingerprint density at radius 1 is 1.39 bits per heavy atom. The number of hydrogen-bond acceptors (Lipinski definition) is 3. The number of rotatable bonds is 4. The highest BCUT2D eigenvalue weighted by molar-refractivity contribution is 9.10. The van der Waals surface area contributed by atoms with Crippen LogP contribution in [-0.4, -0.2) is 7.11 Å². The Morgan fingerprint density at radius 2 is 2.17 bits per heavy atom. The molecule has 0 saturated carbocycles. The van der Waals surface area contributed by atoms with Crippen molar-refractivity contribution in [2.75, 3.05) is 12.4 Å². The van der Waals surface area contributed by atoms with Crippen LogP contribution in [0.25, 0.3) is 0 Å². The second-order valence-corrected chi connectivity index (χ2v) is 6.01. The van der Waals surface area contributed by atoms with E-state index in [9.17, 15) is 4.39 Å².